The Morgan fingerprint density at radius 3 is 2.79 bits per heavy atom. The smallest absolute Gasteiger partial charge is 0.246 e. The number of aromatic nitrogens is 4. The van der Waals surface area contributed by atoms with Crippen LogP contribution in [0.25, 0.3) is 6.08 Å². The van der Waals surface area contributed by atoms with Crippen molar-refractivity contribution in [1.82, 2.24) is 24.9 Å². The Labute approximate surface area is 162 Å². The summed E-state index contributed by atoms with van der Waals surface area (Å²) in [4.78, 5) is 30.3. The molecule has 4 heterocycles. The number of hydrogen-bond donors (Lipinski definition) is 1. The van der Waals surface area contributed by atoms with Gasteiger partial charge in [0.2, 0.25) is 11.8 Å². The summed E-state index contributed by atoms with van der Waals surface area (Å²) in [5, 5.41) is 10.8. The summed E-state index contributed by atoms with van der Waals surface area (Å²) in [7, 11) is 0. The molecule has 8 heteroatoms. The van der Waals surface area contributed by atoms with Crippen molar-refractivity contribution in [2.24, 2.45) is 11.8 Å². The molecule has 1 saturated heterocycles. The number of hydrogen-bond acceptors (Lipinski definition) is 5. The zero-order valence-electron chi connectivity index (χ0n) is 15.5. The van der Waals surface area contributed by atoms with Crippen LogP contribution < -0.4 is 5.32 Å². The van der Waals surface area contributed by atoms with Crippen LogP contribution in [0.1, 0.15) is 36.4 Å². The third-order valence-corrected chi connectivity index (χ3v) is 6.14. The van der Waals surface area contributed by atoms with Gasteiger partial charge in [-0.15, -0.1) is 5.10 Å². The van der Waals surface area contributed by atoms with Gasteiger partial charge in [0.25, 0.3) is 0 Å². The Bertz CT molecular complexity index is 924. The van der Waals surface area contributed by atoms with E-state index in [4.69, 9.17) is 0 Å². The average Bonchev–Trinajstić information content (AvgIpc) is 3.41. The van der Waals surface area contributed by atoms with Gasteiger partial charge in [0.1, 0.15) is 5.82 Å². The molecular formula is C20H22N6O2. The molecule has 3 aliphatic rings. The maximum absolute atomic E-state index is 12.6. The van der Waals surface area contributed by atoms with Crippen LogP contribution in [0.5, 0.6) is 0 Å². The summed E-state index contributed by atoms with van der Waals surface area (Å²) in [6.45, 7) is 1.63. The van der Waals surface area contributed by atoms with Crippen molar-refractivity contribution in [3.8, 4) is 0 Å². The van der Waals surface area contributed by atoms with E-state index in [0.29, 0.717) is 36.5 Å². The lowest BCUT2D eigenvalue weighted by molar-refractivity contribution is -0.125. The fraction of sp³-hybridized carbons (Fsp3) is 0.450. The fourth-order valence-corrected chi connectivity index (χ4v) is 4.71. The van der Waals surface area contributed by atoms with Gasteiger partial charge >= 0.3 is 0 Å². The predicted molar refractivity (Wildman–Crippen MR) is 102 cm³/mol. The van der Waals surface area contributed by atoms with Crippen molar-refractivity contribution in [3.63, 3.8) is 0 Å². The SMILES string of the molecule is O=C1CCc2cc(C=CC(=O)N3CC4CC(n5ccnn5)CC4C3)cnc2N1. The first-order valence-corrected chi connectivity index (χ1v) is 9.77. The van der Waals surface area contributed by atoms with Crippen molar-refractivity contribution in [3.05, 3.63) is 41.9 Å². The van der Waals surface area contributed by atoms with Crippen molar-refractivity contribution in [1.29, 1.82) is 0 Å². The zero-order valence-corrected chi connectivity index (χ0v) is 15.5. The molecule has 0 spiro atoms. The Hall–Kier alpha value is -3.03. The Morgan fingerprint density at radius 1 is 1.21 bits per heavy atom. The van der Waals surface area contributed by atoms with E-state index in [9.17, 15) is 9.59 Å². The lowest BCUT2D eigenvalue weighted by Crippen LogP contribution is -2.28. The lowest BCUT2D eigenvalue weighted by Gasteiger charge is -2.18. The zero-order chi connectivity index (χ0) is 19.1. The maximum Gasteiger partial charge on any atom is 0.246 e. The third kappa shape index (κ3) is 3.19. The van der Waals surface area contributed by atoms with Gasteiger partial charge in [-0.25, -0.2) is 9.67 Å². The van der Waals surface area contributed by atoms with Gasteiger partial charge in [0.05, 0.1) is 12.2 Å². The first-order valence-electron chi connectivity index (χ1n) is 9.77. The molecule has 1 N–H and O–H groups in total. The van der Waals surface area contributed by atoms with E-state index in [-0.39, 0.29) is 11.8 Å². The maximum atomic E-state index is 12.6. The van der Waals surface area contributed by atoms with Crippen LogP contribution in [0.15, 0.2) is 30.7 Å². The second-order valence-corrected chi connectivity index (χ2v) is 7.93. The quantitative estimate of drug-likeness (QED) is 0.821. The highest BCUT2D eigenvalue weighted by atomic mass is 16.2. The molecule has 2 amide bonds. The van der Waals surface area contributed by atoms with Gasteiger partial charge in [0.15, 0.2) is 0 Å². The summed E-state index contributed by atoms with van der Waals surface area (Å²) in [5.74, 6) is 1.78. The number of nitrogens with zero attached hydrogens (tertiary/aromatic N) is 5. The highest BCUT2D eigenvalue weighted by molar-refractivity contribution is 5.94. The van der Waals surface area contributed by atoms with E-state index in [1.54, 1.807) is 18.5 Å². The molecule has 1 aliphatic carbocycles. The molecule has 2 aromatic rings. The number of fused-ring (bicyclic) bond motifs is 2. The van der Waals surface area contributed by atoms with Crippen LogP contribution in [-0.2, 0) is 16.0 Å². The highest BCUT2D eigenvalue weighted by Gasteiger charge is 2.42. The van der Waals surface area contributed by atoms with Gasteiger partial charge in [-0.1, -0.05) is 5.21 Å². The average molecular weight is 378 g/mol. The summed E-state index contributed by atoms with van der Waals surface area (Å²) in [6.07, 6.45) is 12.1. The summed E-state index contributed by atoms with van der Waals surface area (Å²) in [5.41, 5.74) is 1.90. The van der Waals surface area contributed by atoms with E-state index in [2.05, 4.69) is 20.6 Å². The number of carbonyl (C=O) groups excluding carboxylic acids is 2. The molecule has 5 rings (SSSR count). The number of carbonyl (C=O) groups is 2. The molecule has 2 aliphatic heterocycles. The normalized spacial score (nSPS) is 26.4. The lowest BCUT2D eigenvalue weighted by atomic mass is 10.0. The Morgan fingerprint density at radius 2 is 2.04 bits per heavy atom. The van der Waals surface area contributed by atoms with E-state index < -0.39 is 0 Å². The van der Waals surface area contributed by atoms with Gasteiger partial charge < -0.3 is 10.2 Å². The minimum atomic E-state index is 0.00381. The van der Waals surface area contributed by atoms with Gasteiger partial charge in [-0.2, -0.15) is 0 Å². The molecule has 2 aromatic heterocycles. The molecule has 144 valence electrons. The minimum Gasteiger partial charge on any atom is -0.339 e. The third-order valence-electron chi connectivity index (χ3n) is 6.14. The minimum absolute atomic E-state index is 0.00381. The van der Waals surface area contributed by atoms with E-state index in [1.807, 2.05) is 27.9 Å². The number of rotatable bonds is 3. The van der Waals surface area contributed by atoms with Crippen LogP contribution in [-0.4, -0.2) is 49.8 Å². The number of nitrogens with one attached hydrogen (secondary N) is 1. The summed E-state index contributed by atoms with van der Waals surface area (Å²) in [6, 6.07) is 2.40. The first-order chi connectivity index (χ1) is 13.7. The van der Waals surface area contributed by atoms with Crippen LogP contribution in [0, 0.1) is 11.8 Å². The largest absolute Gasteiger partial charge is 0.339 e. The molecule has 2 atom stereocenters. The van der Waals surface area contributed by atoms with Crippen molar-refractivity contribution in [2.45, 2.75) is 31.7 Å². The molecule has 2 unspecified atom stereocenters. The van der Waals surface area contributed by atoms with Gasteiger partial charge in [-0.05, 0) is 54.4 Å². The summed E-state index contributed by atoms with van der Waals surface area (Å²) < 4.78 is 1.95. The van der Waals surface area contributed by atoms with Crippen LogP contribution >= 0.6 is 0 Å². The Balaban J connectivity index is 1.20. The van der Waals surface area contributed by atoms with Crippen molar-refractivity contribution >= 4 is 23.7 Å². The molecule has 2 fully saturated rings. The second kappa shape index (κ2) is 6.85. The number of pyridine rings is 1. The van der Waals surface area contributed by atoms with Crippen LogP contribution in [0.2, 0.25) is 0 Å². The fourth-order valence-electron chi connectivity index (χ4n) is 4.71. The topological polar surface area (TPSA) is 93.0 Å². The first kappa shape index (κ1) is 17.1. The second-order valence-electron chi connectivity index (χ2n) is 7.93. The van der Waals surface area contributed by atoms with E-state index in [1.165, 1.54) is 0 Å². The van der Waals surface area contributed by atoms with Gasteiger partial charge in [-0.3, -0.25) is 9.59 Å². The van der Waals surface area contributed by atoms with E-state index in [0.717, 1.165) is 37.1 Å². The highest BCUT2D eigenvalue weighted by Crippen LogP contribution is 2.43. The monoisotopic (exact) mass is 378 g/mol. The van der Waals surface area contributed by atoms with Crippen molar-refractivity contribution in [2.75, 3.05) is 18.4 Å². The molecule has 0 bridgehead atoms. The van der Waals surface area contributed by atoms with Crippen LogP contribution in [0.4, 0.5) is 5.82 Å². The number of amides is 2. The number of anilines is 1. The molecule has 28 heavy (non-hydrogen) atoms. The Kier molecular flexibility index (Phi) is 4.18. The molecule has 0 radical (unpaired) electrons. The van der Waals surface area contributed by atoms with Crippen LogP contribution in [0.3, 0.4) is 0 Å². The number of aryl methyl sites for hydroxylation is 1. The molecule has 8 nitrogen and oxygen atoms in total. The standard InChI is InChI=1S/C20H22N6O2/c27-18-3-2-14-7-13(10-21-20(14)23-18)1-4-19(28)25-11-15-8-17(9-16(15)12-25)26-6-5-22-24-26/h1,4-7,10,15-17H,2-3,8-9,11-12H2,(H,21,23,27). The van der Waals surface area contributed by atoms with Gasteiger partial charge in [0, 0.05) is 38.0 Å². The molecule has 0 aromatic carbocycles. The predicted octanol–water partition coefficient (Wildman–Crippen LogP) is 1.68. The molecular weight excluding hydrogens is 356 g/mol. The van der Waals surface area contributed by atoms with Crippen molar-refractivity contribution < 1.29 is 9.59 Å². The summed E-state index contributed by atoms with van der Waals surface area (Å²) >= 11 is 0. The van der Waals surface area contributed by atoms with E-state index >= 15 is 0 Å². The molecule has 1 saturated carbocycles. The number of likely N-dealkylation sites (tertiary alicyclic amines) is 1.